The lowest BCUT2D eigenvalue weighted by Gasteiger charge is -2.04. The smallest absolute Gasteiger partial charge is 0.335 e. The Morgan fingerprint density at radius 1 is 0.815 bits per heavy atom. The fourth-order valence-electron chi connectivity index (χ4n) is 3.21. The number of carboxylic acids is 1. The quantitative estimate of drug-likeness (QED) is 0.421. The van der Waals surface area contributed by atoms with Crippen LogP contribution in [0.5, 0.6) is 0 Å². The van der Waals surface area contributed by atoms with Gasteiger partial charge in [-0.15, -0.1) is 0 Å². The highest BCUT2D eigenvalue weighted by molar-refractivity contribution is 5.88. The van der Waals surface area contributed by atoms with Crippen molar-refractivity contribution in [1.29, 1.82) is 0 Å². The van der Waals surface area contributed by atoms with E-state index in [9.17, 15) is 4.79 Å². The second kappa shape index (κ2) is 12.2. The standard InChI is InChI=1S/C23H32N2O2/c1-2-3-4-5-6-7-8-9-10-11-12-21-17-25-22(18-24-21)19-13-15-20(16-14-19)23(26)27/h13-18H,2-12H2,1H3,(H,26,27). The summed E-state index contributed by atoms with van der Waals surface area (Å²) in [6.45, 7) is 2.26. The van der Waals surface area contributed by atoms with Crippen molar-refractivity contribution in [3.05, 3.63) is 47.9 Å². The van der Waals surface area contributed by atoms with Gasteiger partial charge in [0.1, 0.15) is 0 Å². The summed E-state index contributed by atoms with van der Waals surface area (Å²) < 4.78 is 0. The Morgan fingerprint density at radius 3 is 1.93 bits per heavy atom. The number of unbranched alkanes of at least 4 members (excludes halogenated alkanes) is 9. The summed E-state index contributed by atoms with van der Waals surface area (Å²) in [4.78, 5) is 19.9. The van der Waals surface area contributed by atoms with Gasteiger partial charge < -0.3 is 5.11 Å². The molecule has 4 nitrogen and oxygen atoms in total. The van der Waals surface area contributed by atoms with Crippen LogP contribution in [-0.2, 0) is 6.42 Å². The van der Waals surface area contributed by atoms with Gasteiger partial charge in [-0.2, -0.15) is 0 Å². The maximum absolute atomic E-state index is 10.9. The Morgan fingerprint density at radius 2 is 1.41 bits per heavy atom. The Hall–Kier alpha value is -2.23. The maximum atomic E-state index is 10.9. The molecule has 1 aromatic heterocycles. The first-order valence-corrected chi connectivity index (χ1v) is 10.4. The van der Waals surface area contributed by atoms with Crippen molar-refractivity contribution >= 4 is 5.97 Å². The highest BCUT2D eigenvalue weighted by atomic mass is 16.4. The predicted octanol–water partition coefficient (Wildman–Crippen LogP) is 6.31. The molecule has 0 radical (unpaired) electrons. The fraction of sp³-hybridized carbons (Fsp3) is 0.522. The van der Waals surface area contributed by atoms with Crippen molar-refractivity contribution in [1.82, 2.24) is 9.97 Å². The van der Waals surface area contributed by atoms with Crippen molar-refractivity contribution in [2.45, 2.75) is 77.6 Å². The number of aryl methyl sites for hydroxylation is 1. The Labute approximate surface area is 163 Å². The molecule has 0 saturated heterocycles. The largest absolute Gasteiger partial charge is 0.478 e. The number of hydrogen-bond donors (Lipinski definition) is 1. The number of rotatable bonds is 13. The minimum atomic E-state index is -0.917. The minimum Gasteiger partial charge on any atom is -0.478 e. The highest BCUT2D eigenvalue weighted by Crippen LogP contribution is 2.17. The molecule has 1 aromatic carbocycles. The molecule has 2 rings (SSSR count). The van der Waals surface area contributed by atoms with Crippen LogP contribution in [0.1, 0.15) is 87.2 Å². The third kappa shape index (κ3) is 7.90. The summed E-state index contributed by atoms with van der Waals surface area (Å²) in [6, 6.07) is 6.74. The van der Waals surface area contributed by atoms with Gasteiger partial charge in [-0.25, -0.2) is 4.79 Å². The van der Waals surface area contributed by atoms with Crippen molar-refractivity contribution in [2.24, 2.45) is 0 Å². The van der Waals surface area contributed by atoms with Gasteiger partial charge in [-0.3, -0.25) is 9.97 Å². The van der Waals surface area contributed by atoms with Crippen LogP contribution in [0.3, 0.4) is 0 Å². The summed E-state index contributed by atoms with van der Waals surface area (Å²) in [7, 11) is 0. The lowest BCUT2D eigenvalue weighted by Crippen LogP contribution is -1.96. The summed E-state index contributed by atoms with van der Waals surface area (Å²) in [5.74, 6) is -0.917. The van der Waals surface area contributed by atoms with E-state index in [2.05, 4.69) is 16.9 Å². The average Bonchev–Trinajstić information content (AvgIpc) is 2.70. The zero-order valence-electron chi connectivity index (χ0n) is 16.5. The van der Waals surface area contributed by atoms with E-state index in [1.54, 1.807) is 30.5 Å². The van der Waals surface area contributed by atoms with Crippen molar-refractivity contribution in [3.8, 4) is 11.3 Å². The van der Waals surface area contributed by atoms with Gasteiger partial charge in [0.15, 0.2) is 0 Å². The molecule has 0 aliphatic heterocycles. The van der Waals surface area contributed by atoms with Crippen LogP contribution < -0.4 is 0 Å². The van der Waals surface area contributed by atoms with E-state index >= 15 is 0 Å². The Kier molecular flexibility index (Phi) is 9.53. The van der Waals surface area contributed by atoms with E-state index in [1.165, 1.54) is 57.8 Å². The molecule has 0 spiro atoms. The third-order valence-electron chi connectivity index (χ3n) is 4.92. The van der Waals surface area contributed by atoms with Crippen LogP contribution in [-0.4, -0.2) is 21.0 Å². The van der Waals surface area contributed by atoms with Gasteiger partial charge in [0.25, 0.3) is 0 Å². The number of carbonyl (C=O) groups is 1. The van der Waals surface area contributed by atoms with Crippen molar-refractivity contribution in [3.63, 3.8) is 0 Å². The minimum absolute atomic E-state index is 0.282. The van der Waals surface area contributed by atoms with E-state index in [0.29, 0.717) is 0 Å². The number of aromatic nitrogens is 2. The van der Waals surface area contributed by atoms with Gasteiger partial charge in [0.2, 0.25) is 0 Å². The number of benzene rings is 1. The van der Waals surface area contributed by atoms with Gasteiger partial charge in [-0.05, 0) is 25.0 Å². The molecule has 4 heteroatoms. The molecule has 0 unspecified atom stereocenters. The zero-order chi connectivity index (χ0) is 19.3. The van der Waals surface area contributed by atoms with Crippen molar-refractivity contribution in [2.75, 3.05) is 0 Å². The van der Waals surface area contributed by atoms with Crippen LogP contribution in [0.25, 0.3) is 11.3 Å². The molecule has 0 amide bonds. The number of aromatic carboxylic acids is 1. The number of hydrogen-bond acceptors (Lipinski definition) is 3. The van der Waals surface area contributed by atoms with Gasteiger partial charge >= 0.3 is 5.97 Å². The first-order valence-electron chi connectivity index (χ1n) is 10.4. The van der Waals surface area contributed by atoms with Crippen LogP contribution in [0.2, 0.25) is 0 Å². The maximum Gasteiger partial charge on any atom is 0.335 e. The monoisotopic (exact) mass is 368 g/mol. The second-order valence-electron chi connectivity index (χ2n) is 7.21. The molecule has 27 heavy (non-hydrogen) atoms. The first kappa shape index (κ1) is 21.1. The van der Waals surface area contributed by atoms with E-state index in [-0.39, 0.29) is 5.56 Å². The number of carboxylic acid groups (broad SMARTS) is 1. The van der Waals surface area contributed by atoms with Gasteiger partial charge in [-0.1, -0.05) is 76.8 Å². The Bertz CT molecular complexity index is 666. The van der Waals surface area contributed by atoms with E-state index < -0.39 is 5.97 Å². The summed E-state index contributed by atoms with van der Waals surface area (Å²) >= 11 is 0. The highest BCUT2D eigenvalue weighted by Gasteiger charge is 2.05. The molecule has 0 fully saturated rings. The van der Waals surface area contributed by atoms with Gasteiger partial charge in [0, 0.05) is 11.8 Å². The van der Waals surface area contributed by atoms with E-state index in [4.69, 9.17) is 5.11 Å². The second-order valence-corrected chi connectivity index (χ2v) is 7.21. The zero-order valence-corrected chi connectivity index (χ0v) is 16.5. The molecular formula is C23H32N2O2. The lowest BCUT2D eigenvalue weighted by atomic mass is 10.1. The van der Waals surface area contributed by atoms with Crippen LogP contribution in [0.15, 0.2) is 36.7 Å². The Balaban J connectivity index is 1.63. The average molecular weight is 369 g/mol. The molecule has 2 aromatic rings. The lowest BCUT2D eigenvalue weighted by molar-refractivity contribution is 0.0697. The summed E-state index contributed by atoms with van der Waals surface area (Å²) in [5, 5.41) is 8.95. The normalized spacial score (nSPS) is 10.9. The topological polar surface area (TPSA) is 63.1 Å². The molecule has 0 aliphatic rings. The molecule has 0 saturated carbocycles. The van der Waals surface area contributed by atoms with Gasteiger partial charge in [0.05, 0.1) is 23.1 Å². The number of nitrogens with zero attached hydrogens (tertiary/aromatic N) is 2. The summed E-state index contributed by atoms with van der Waals surface area (Å²) in [5.41, 5.74) is 2.97. The molecule has 1 heterocycles. The summed E-state index contributed by atoms with van der Waals surface area (Å²) in [6.07, 6.45) is 17.9. The molecule has 146 valence electrons. The molecular weight excluding hydrogens is 336 g/mol. The van der Waals surface area contributed by atoms with Crippen LogP contribution in [0, 0.1) is 0 Å². The van der Waals surface area contributed by atoms with Crippen LogP contribution in [0.4, 0.5) is 0 Å². The molecule has 0 aliphatic carbocycles. The van der Waals surface area contributed by atoms with E-state index in [1.807, 2.05) is 6.20 Å². The fourth-order valence-corrected chi connectivity index (χ4v) is 3.21. The predicted molar refractivity (Wildman–Crippen MR) is 110 cm³/mol. The van der Waals surface area contributed by atoms with Crippen molar-refractivity contribution < 1.29 is 9.90 Å². The molecule has 1 N–H and O–H groups in total. The van der Waals surface area contributed by atoms with E-state index in [0.717, 1.165) is 29.8 Å². The molecule has 0 atom stereocenters. The third-order valence-corrected chi connectivity index (χ3v) is 4.92. The van der Waals surface area contributed by atoms with Crippen LogP contribution >= 0.6 is 0 Å². The first-order chi connectivity index (χ1) is 13.2. The molecule has 0 bridgehead atoms. The SMILES string of the molecule is CCCCCCCCCCCCc1cnc(-c2ccc(C(=O)O)cc2)cn1.